The Hall–Kier alpha value is -3.48. The first-order valence-corrected chi connectivity index (χ1v) is 10.3. The van der Waals surface area contributed by atoms with Crippen LogP contribution in [0.5, 0.6) is 0 Å². The van der Waals surface area contributed by atoms with E-state index in [0.717, 1.165) is 43.2 Å². The lowest BCUT2D eigenvalue weighted by Crippen LogP contribution is -2.47. The number of hydrogen-bond donors (Lipinski definition) is 0. The Morgan fingerprint density at radius 3 is 2.40 bits per heavy atom. The number of rotatable bonds is 4. The second-order valence-electron chi connectivity index (χ2n) is 7.80. The molecule has 2 aromatic heterocycles. The fraction of sp³-hybridized carbons (Fsp3) is 0.304. The first-order chi connectivity index (χ1) is 14.7. The van der Waals surface area contributed by atoms with Gasteiger partial charge in [0.1, 0.15) is 6.33 Å². The van der Waals surface area contributed by atoms with Crippen molar-refractivity contribution in [1.29, 1.82) is 0 Å². The molecule has 0 unspecified atom stereocenters. The van der Waals surface area contributed by atoms with Gasteiger partial charge in [-0.1, -0.05) is 47.7 Å². The number of benzene rings is 2. The predicted octanol–water partition coefficient (Wildman–Crippen LogP) is 3.21. The van der Waals surface area contributed by atoms with Crippen LogP contribution in [0.1, 0.15) is 16.7 Å². The van der Waals surface area contributed by atoms with E-state index >= 15 is 0 Å². The van der Waals surface area contributed by atoms with Crippen molar-refractivity contribution in [1.82, 2.24) is 25.0 Å². The van der Waals surface area contributed by atoms with E-state index in [9.17, 15) is 0 Å². The van der Waals surface area contributed by atoms with E-state index in [1.807, 2.05) is 22.9 Å². The van der Waals surface area contributed by atoms with Crippen LogP contribution >= 0.6 is 0 Å². The van der Waals surface area contributed by atoms with Crippen molar-refractivity contribution in [2.24, 2.45) is 0 Å². The maximum absolute atomic E-state index is 4.56. The minimum Gasteiger partial charge on any atom is -0.368 e. The highest BCUT2D eigenvalue weighted by molar-refractivity contribution is 5.82. The molecule has 0 N–H and O–H groups in total. The molecule has 152 valence electrons. The van der Waals surface area contributed by atoms with Gasteiger partial charge in [-0.25, -0.2) is 14.6 Å². The van der Waals surface area contributed by atoms with E-state index in [1.165, 1.54) is 22.4 Å². The number of piperazine rings is 1. The summed E-state index contributed by atoms with van der Waals surface area (Å²) in [5.74, 6) is 0.875. The maximum Gasteiger partial charge on any atom is 0.184 e. The first kappa shape index (κ1) is 18.5. The largest absolute Gasteiger partial charge is 0.368 e. The van der Waals surface area contributed by atoms with E-state index in [4.69, 9.17) is 0 Å². The van der Waals surface area contributed by atoms with Gasteiger partial charge in [0, 0.05) is 31.9 Å². The van der Waals surface area contributed by atoms with Crippen LogP contribution in [0.25, 0.3) is 11.2 Å². The lowest BCUT2D eigenvalue weighted by Gasteiger charge is -2.37. The van der Waals surface area contributed by atoms with Crippen molar-refractivity contribution in [2.75, 3.05) is 36.0 Å². The number of aromatic nitrogens is 5. The molecule has 2 aromatic carbocycles. The average molecular weight is 400 g/mol. The summed E-state index contributed by atoms with van der Waals surface area (Å²) in [5, 5.41) is 8.78. The summed E-state index contributed by atoms with van der Waals surface area (Å²) in [6.45, 7) is 8.72. The lowest BCUT2D eigenvalue weighted by molar-refractivity contribution is 0.647. The normalized spacial score (nSPS) is 14.5. The van der Waals surface area contributed by atoms with Gasteiger partial charge < -0.3 is 9.80 Å². The zero-order chi connectivity index (χ0) is 20.5. The molecule has 0 radical (unpaired) electrons. The summed E-state index contributed by atoms with van der Waals surface area (Å²) in [6, 6.07) is 16.8. The van der Waals surface area contributed by atoms with Crippen LogP contribution in [0, 0.1) is 13.8 Å². The van der Waals surface area contributed by atoms with Crippen molar-refractivity contribution >= 4 is 22.7 Å². The molecule has 4 aromatic rings. The van der Waals surface area contributed by atoms with E-state index in [1.54, 1.807) is 6.33 Å². The van der Waals surface area contributed by atoms with E-state index in [2.05, 4.69) is 74.3 Å². The molecule has 0 bridgehead atoms. The highest BCUT2D eigenvalue weighted by Gasteiger charge is 2.23. The monoisotopic (exact) mass is 399 g/mol. The molecule has 1 aliphatic heterocycles. The van der Waals surface area contributed by atoms with Crippen molar-refractivity contribution in [3.8, 4) is 0 Å². The van der Waals surface area contributed by atoms with Crippen LogP contribution in [-0.2, 0) is 6.54 Å². The molecular weight excluding hydrogens is 374 g/mol. The van der Waals surface area contributed by atoms with E-state index in [-0.39, 0.29) is 0 Å². The SMILES string of the molecule is Cc1cccc(N2CCN(c3ncnc4c3nnn4Cc3ccccc3)CC2)c1C. The molecule has 1 fully saturated rings. The summed E-state index contributed by atoms with van der Waals surface area (Å²) < 4.78 is 1.85. The van der Waals surface area contributed by atoms with Crippen molar-refractivity contribution < 1.29 is 0 Å². The Balaban J connectivity index is 1.37. The second kappa shape index (κ2) is 7.74. The van der Waals surface area contributed by atoms with Gasteiger partial charge >= 0.3 is 0 Å². The number of anilines is 2. The van der Waals surface area contributed by atoms with Crippen LogP contribution < -0.4 is 9.80 Å². The van der Waals surface area contributed by atoms with Crippen LogP contribution in [-0.4, -0.2) is 51.1 Å². The molecular formula is C23H25N7. The summed E-state index contributed by atoms with van der Waals surface area (Å²) >= 11 is 0. The zero-order valence-corrected chi connectivity index (χ0v) is 17.4. The van der Waals surface area contributed by atoms with Gasteiger partial charge in [-0.2, -0.15) is 0 Å². The standard InChI is InChI=1S/C23H25N7/c1-17-7-6-10-20(18(17)2)28-11-13-29(14-12-28)22-21-23(25-16-24-22)30(27-26-21)15-19-8-4-3-5-9-19/h3-10,16H,11-15H2,1-2H3. The molecule has 1 saturated heterocycles. The lowest BCUT2D eigenvalue weighted by atomic mass is 10.1. The Labute approximate surface area is 176 Å². The fourth-order valence-corrected chi connectivity index (χ4v) is 4.11. The van der Waals surface area contributed by atoms with Crippen molar-refractivity contribution in [3.63, 3.8) is 0 Å². The molecule has 0 saturated carbocycles. The highest BCUT2D eigenvalue weighted by atomic mass is 15.5. The second-order valence-corrected chi connectivity index (χ2v) is 7.80. The topological polar surface area (TPSA) is 63.0 Å². The van der Waals surface area contributed by atoms with Crippen molar-refractivity contribution in [3.05, 3.63) is 71.5 Å². The third-order valence-corrected chi connectivity index (χ3v) is 5.95. The molecule has 0 amide bonds. The Bertz CT molecular complexity index is 1160. The fourth-order valence-electron chi connectivity index (χ4n) is 4.11. The van der Waals surface area contributed by atoms with Gasteiger partial charge in [0.25, 0.3) is 0 Å². The van der Waals surface area contributed by atoms with Gasteiger partial charge in [-0.3, -0.25) is 0 Å². The zero-order valence-electron chi connectivity index (χ0n) is 17.4. The smallest absolute Gasteiger partial charge is 0.184 e. The minimum absolute atomic E-state index is 0.647. The molecule has 5 rings (SSSR count). The number of aryl methyl sites for hydroxylation is 1. The summed E-state index contributed by atoms with van der Waals surface area (Å²) in [7, 11) is 0. The van der Waals surface area contributed by atoms with E-state index < -0.39 is 0 Å². The molecule has 7 heteroatoms. The van der Waals surface area contributed by atoms with Crippen LogP contribution in [0.15, 0.2) is 54.9 Å². The van der Waals surface area contributed by atoms with Crippen LogP contribution in [0.4, 0.5) is 11.5 Å². The highest BCUT2D eigenvalue weighted by Crippen LogP contribution is 2.26. The van der Waals surface area contributed by atoms with Crippen LogP contribution in [0.2, 0.25) is 0 Å². The van der Waals surface area contributed by atoms with Crippen molar-refractivity contribution in [2.45, 2.75) is 20.4 Å². The van der Waals surface area contributed by atoms with E-state index in [0.29, 0.717) is 6.54 Å². The minimum atomic E-state index is 0.647. The molecule has 30 heavy (non-hydrogen) atoms. The number of hydrogen-bond acceptors (Lipinski definition) is 6. The van der Waals surface area contributed by atoms with Gasteiger partial charge in [-0.05, 0) is 36.6 Å². The maximum atomic E-state index is 4.56. The molecule has 0 atom stereocenters. The number of nitrogens with zero attached hydrogens (tertiary/aromatic N) is 7. The molecule has 1 aliphatic rings. The summed E-state index contributed by atoms with van der Waals surface area (Å²) in [5.41, 5.74) is 6.75. The summed E-state index contributed by atoms with van der Waals surface area (Å²) in [4.78, 5) is 13.8. The predicted molar refractivity (Wildman–Crippen MR) is 119 cm³/mol. The molecule has 7 nitrogen and oxygen atoms in total. The van der Waals surface area contributed by atoms with Crippen LogP contribution in [0.3, 0.4) is 0 Å². The Kier molecular flexibility index (Phi) is 4.78. The van der Waals surface area contributed by atoms with Gasteiger partial charge in [-0.15, -0.1) is 5.10 Å². The van der Waals surface area contributed by atoms with Gasteiger partial charge in [0.2, 0.25) is 0 Å². The van der Waals surface area contributed by atoms with Gasteiger partial charge in [0.05, 0.1) is 6.54 Å². The molecule has 3 heterocycles. The average Bonchev–Trinajstić information content (AvgIpc) is 3.19. The number of fused-ring (bicyclic) bond motifs is 1. The third-order valence-electron chi connectivity index (χ3n) is 5.95. The van der Waals surface area contributed by atoms with Gasteiger partial charge in [0.15, 0.2) is 17.0 Å². The quantitative estimate of drug-likeness (QED) is 0.525. The molecule has 0 aliphatic carbocycles. The third kappa shape index (κ3) is 3.36. The molecule has 0 spiro atoms. The summed E-state index contributed by atoms with van der Waals surface area (Å²) in [6.07, 6.45) is 1.62. The first-order valence-electron chi connectivity index (χ1n) is 10.3. The Morgan fingerprint density at radius 2 is 1.60 bits per heavy atom. The Morgan fingerprint density at radius 1 is 0.833 bits per heavy atom.